The number of rotatable bonds is 2. The van der Waals surface area contributed by atoms with Crippen LogP contribution in [0.1, 0.15) is 5.56 Å². The van der Waals surface area contributed by atoms with E-state index in [2.05, 4.69) is 0 Å². The summed E-state index contributed by atoms with van der Waals surface area (Å²) >= 11 is 5.87. The summed E-state index contributed by atoms with van der Waals surface area (Å²) in [5.74, 6) is 0. The fourth-order valence-electron chi connectivity index (χ4n) is 1.46. The lowest BCUT2D eigenvalue weighted by atomic mass is 10.1. The first-order valence-corrected chi connectivity index (χ1v) is 4.90. The monoisotopic (exact) mass is 213 g/mol. The van der Waals surface area contributed by atoms with Crippen molar-refractivity contribution in [1.82, 2.24) is 0 Å². The van der Waals surface area contributed by atoms with Gasteiger partial charge in [0.25, 0.3) is 0 Å². The van der Waals surface area contributed by atoms with E-state index >= 15 is 0 Å². The minimum atomic E-state index is -0.171. The number of ether oxygens (including phenoxy) is 2. The molecule has 0 aromatic heterocycles. The molecule has 0 unspecified atom stereocenters. The van der Waals surface area contributed by atoms with Crippen molar-refractivity contribution in [3.63, 3.8) is 0 Å². The summed E-state index contributed by atoms with van der Waals surface area (Å²) in [6.45, 7) is 1.32. The summed E-state index contributed by atoms with van der Waals surface area (Å²) < 4.78 is 10.7. The van der Waals surface area contributed by atoms with Gasteiger partial charge in [0.2, 0.25) is 0 Å². The number of nitrogens with two attached hydrogens (primary N) is 1. The smallest absolute Gasteiger partial charge is 0.161 e. The van der Waals surface area contributed by atoms with Crippen LogP contribution in [0.4, 0.5) is 5.69 Å². The van der Waals surface area contributed by atoms with E-state index < -0.39 is 0 Å². The molecule has 1 aliphatic heterocycles. The molecule has 1 aliphatic rings. The summed E-state index contributed by atoms with van der Waals surface area (Å²) in [6, 6.07) is 5.42. The molecule has 1 fully saturated rings. The molecule has 1 aromatic rings. The standard InChI is InChI=1S/C10H12ClNO2/c11-8-1-2-9(12)7(5-8)6-10-13-3-4-14-10/h1-2,5,10H,3-4,6,12H2. The minimum Gasteiger partial charge on any atom is -0.399 e. The van der Waals surface area contributed by atoms with E-state index in [-0.39, 0.29) is 6.29 Å². The molecule has 0 saturated carbocycles. The van der Waals surface area contributed by atoms with Gasteiger partial charge in [-0.2, -0.15) is 0 Å². The van der Waals surface area contributed by atoms with Crippen LogP contribution in [-0.4, -0.2) is 19.5 Å². The van der Waals surface area contributed by atoms with Crippen LogP contribution >= 0.6 is 11.6 Å². The summed E-state index contributed by atoms with van der Waals surface area (Å²) in [5.41, 5.74) is 7.50. The number of nitrogen functional groups attached to an aromatic ring is 1. The van der Waals surface area contributed by atoms with Crippen molar-refractivity contribution in [3.05, 3.63) is 28.8 Å². The highest BCUT2D eigenvalue weighted by molar-refractivity contribution is 6.30. The fraction of sp³-hybridized carbons (Fsp3) is 0.400. The molecule has 1 aromatic carbocycles. The molecule has 1 heterocycles. The van der Waals surface area contributed by atoms with Crippen molar-refractivity contribution in [1.29, 1.82) is 0 Å². The zero-order valence-corrected chi connectivity index (χ0v) is 8.46. The average molecular weight is 214 g/mol. The maximum atomic E-state index is 5.87. The molecule has 2 N–H and O–H groups in total. The summed E-state index contributed by atoms with van der Waals surface area (Å²) in [7, 11) is 0. The van der Waals surface area contributed by atoms with E-state index in [0.29, 0.717) is 24.7 Å². The molecule has 0 spiro atoms. The molecule has 2 rings (SSSR count). The number of benzene rings is 1. The minimum absolute atomic E-state index is 0.171. The van der Waals surface area contributed by atoms with Gasteiger partial charge < -0.3 is 15.2 Å². The van der Waals surface area contributed by atoms with E-state index in [1.165, 1.54) is 0 Å². The summed E-state index contributed by atoms with van der Waals surface area (Å²) in [4.78, 5) is 0. The number of anilines is 1. The molecule has 76 valence electrons. The van der Waals surface area contributed by atoms with Crippen molar-refractivity contribution in [2.75, 3.05) is 18.9 Å². The van der Waals surface area contributed by atoms with Crippen LogP contribution in [0, 0.1) is 0 Å². The van der Waals surface area contributed by atoms with Crippen molar-refractivity contribution < 1.29 is 9.47 Å². The lowest BCUT2D eigenvalue weighted by molar-refractivity contribution is -0.0398. The fourth-order valence-corrected chi connectivity index (χ4v) is 1.65. The van der Waals surface area contributed by atoms with Crippen molar-refractivity contribution in [2.45, 2.75) is 12.7 Å². The maximum Gasteiger partial charge on any atom is 0.161 e. The topological polar surface area (TPSA) is 44.5 Å². The molecule has 14 heavy (non-hydrogen) atoms. The van der Waals surface area contributed by atoms with Crippen LogP contribution in [0.3, 0.4) is 0 Å². The third-order valence-corrected chi connectivity index (χ3v) is 2.42. The van der Waals surface area contributed by atoms with Gasteiger partial charge in [-0.05, 0) is 23.8 Å². The van der Waals surface area contributed by atoms with Crippen LogP contribution in [0.25, 0.3) is 0 Å². The van der Waals surface area contributed by atoms with Gasteiger partial charge in [0.15, 0.2) is 6.29 Å². The van der Waals surface area contributed by atoms with Gasteiger partial charge in [-0.3, -0.25) is 0 Å². The molecule has 0 radical (unpaired) electrons. The maximum absolute atomic E-state index is 5.87. The highest BCUT2D eigenvalue weighted by Crippen LogP contribution is 2.21. The lowest BCUT2D eigenvalue weighted by Crippen LogP contribution is -2.12. The van der Waals surface area contributed by atoms with E-state index in [0.717, 1.165) is 11.3 Å². The molecule has 4 heteroatoms. The largest absolute Gasteiger partial charge is 0.399 e. The van der Waals surface area contributed by atoms with Crippen LogP contribution in [0.15, 0.2) is 18.2 Å². The zero-order valence-electron chi connectivity index (χ0n) is 7.70. The SMILES string of the molecule is Nc1ccc(Cl)cc1CC1OCCO1. The van der Waals surface area contributed by atoms with Gasteiger partial charge in [0.1, 0.15) is 0 Å². The lowest BCUT2D eigenvalue weighted by Gasteiger charge is -2.11. The predicted molar refractivity (Wildman–Crippen MR) is 55.3 cm³/mol. The molecular formula is C10H12ClNO2. The second-order valence-corrected chi connectivity index (χ2v) is 3.65. The predicted octanol–water partition coefficient (Wildman–Crippen LogP) is 1.84. The molecule has 0 atom stereocenters. The Morgan fingerprint density at radius 1 is 1.36 bits per heavy atom. The third-order valence-electron chi connectivity index (χ3n) is 2.18. The Kier molecular flexibility index (Phi) is 2.91. The first-order valence-electron chi connectivity index (χ1n) is 4.53. The number of hydrogen-bond donors (Lipinski definition) is 1. The van der Waals surface area contributed by atoms with Crippen LogP contribution in [-0.2, 0) is 15.9 Å². The quantitative estimate of drug-likeness (QED) is 0.763. The van der Waals surface area contributed by atoms with Gasteiger partial charge in [0.05, 0.1) is 13.2 Å². The Balaban J connectivity index is 2.10. The van der Waals surface area contributed by atoms with Crippen LogP contribution in [0.5, 0.6) is 0 Å². The highest BCUT2D eigenvalue weighted by Gasteiger charge is 2.17. The summed E-state index contributed by atoms with van der Waals surface area (Å²) in [5, 5.41) is 0.687. The first-order chi connectivity index (χ1) is 6.75. The Morgan fingerprint density at radius 2 is 2.07 bits per heavy atom. The number of hydrogen-bond acceptors (Lipinski definition) is 3. The normalized spacial score (nSPS) is 17.5. The Hall–Kier alpha value is -0.770. The van der Waals surface area contributed by atoms with Crippen molar-refractivity contribution in [3.8, 4) is 0 Å². The summed E-state index contributed by atoms with van der Waals surface area (Å²) in [6.07, 6.45) is 0.489. The average Bonchev–Trinajstić information content (AvgIpc) is 2.64. The van der Waals surface area contributed by atoms with E-state index in [1.807, 2.05) is 6.07 Å². The van der Waals surface area contributed by atoms with Gasteiger partial charge in [-0.25, -0.2) is 0 Å². The third kappa shape index (κ3) is 2.18. The molecule has 0 amide bonds. The van der Waals surface area contributed by atoms with Gasteiger partial charge >= 0.3 is 0 Å². The molecular weight excluding hydrogens is 202 g/mol. The Bertz CT molecular complexity index is 324. The Labute approximate surface area is 87.8 Å². The van der Waals surface area contributed by atoms with Crippen molar-refractivity contribution >= 4 is 17.3 Å². The molecule has 3 nitrogen and oxygen atoms in total. The second-order valence-electron chi connectivity index (χ2n) is 3.22. The molecule has 1 saturated heterocycles. The molecule has 0 aliphatic carbocycles. The van der Waals surface area contributed by atoms with Crippen LogP contribution in [0.2, 0.25) is 5.02 Å². The zero-order chi connectivity index (χ0) is 9.97. The number of halogens is 1. The van der Waals surface area contributed by atoms with Gasteiger partial charge in [-0.15, -0.1) is 0 Å². The Morgan fingerprint density at radius 3 is 2.79 bits per heavy atom. The van der Waals surface area contributed by atoms with Crippen LogP contribution < -0.4 is 5.73 Å². The highest BCUT2D eigenvalue weighted by atomic mass is 35.5. The first kappa shape index (κ1) is 9.77. The van der Waals surface area contributed by atoms with E-state index in [1.54, 1.807) is 12.1 Å². The van der Waals surface area contributed by atoms with E-state index in [4.69, 9.17) is 26.8 Å². The second kappa shape index (κ2) is 4.17. The van der Waals surface area contributed by atoms with Crippen molar-refractivity contribution in [2.24, 2.45) is 0 Å². The van der Waals surface area contributed by atoms with Gasteiger partial charge in [0, 0.05) is 17.1 Å². The van der Waals surface area contributed by atoms with E-state index in [9.17, 15) is 0 Å². The van der Waals surface area contributed by atoms with Gasteiger partial charge in [-0.1, -0.05) is 11.6 Å². The molecule has 0 bridgehead atoms.